The molecule has 1 aromatic carbocycles. The van der Waals surface area contributed by atoms with Crippen LogP contribution in [0.1, 0.15) is 5.56 Å². The number of aromatic nitrogens is 2. The van der Waals surface area contributed by atoms with Gasteiger partial charge in [0.2, 0.25) is 5.88 Å². The van der Waals surface area contributed by atoms with Gasteiger partial charge in [0.15, 0.2) is 0 Å². The number of rotatable bonds is 4. The Hall–Kier alpha value is -3.63. The van der Waals surface area contributed by atoms with Gasteiger partial charge < -0.3 is 10.5 Å². The summed E-state index contributed by atoms with van der Waals surface area (Å²) in [5.74, 6) is -0.786. The maximum atomic E-state index is 12.8. The van der Waals surface area contributed by atoms with Gasteiger partial charge in [-0.05, 0) is 30.3 Å². The molecule has 0 saturated carbocycles. The number of nitrogens with zero attached hydrogens (tertiary/aromatic N) is 3. The van der Waals surface area contributed by atoms with E-state index in [4.69, 9.17) is 27.3 Å². The molecule has 7 nitrogen and oxygen atoms in total. The third kappa shape index (κ3) is 3.27. The molecule has 0 aliphatic carbocycles. The molecule has 2 aromatic heterocycles. The van der Waals surface area contributed by atoms with Crippen LogP contribution in [0.25, 0.3) is 11.7 Å². The average molecular weight is 367 g/mol. The van der Waals surface area contributed by atoms with Crippen LogP contribution in [0.15, 0.2) is 59.0 Å². The lowest BCUT2D eigenvalue weighted by molar-refractivity contribution is -0.114. The summed E-state index contributed by atoms with van der Waals surface area (Å²) in [5, 5.41) is 9.39. The lowest BCUT2D eigenvalue weighted by atomic mass is 10.2. The minimum absolute atomic E-state index is 0.0935. The van der Waals surface area contributed by atoms with Crippen molar-refractivity contribution in [3.05, 3.63) is 75.2 Å². The molecule has 3 aromatic rings. The maximum absolute atomic E-state index is 12.8. The minimum atomic E-state index is -0.964. The first kappa shape index (κ1) is 17.2. The number of para-hydroxylation sites is 1. The molecule has 2 heterocycles. The second kappa shape index (κ2) is 7.09. The van der Waals surface area contributed by atoms with E-state index in [1.165, 1.54) is 10.6 Å². The van der Waals surface area contributed by atoms with E-state index in [0.29, 0.717) is 10.7 Å². The van der Waals surface area contributed by atoms with E-state index >= 15 is 0 Å². The summed E-state index contributed by atoms with van der Waals surface area (Å²) in [6.07, 6.45) is 2.57. The van der Waals surface area contributed by atoms with Gasteiger partial charge in [-0.3, -0.25) is 14.0 Å². The average Bonchev–Trinajstić information content (AvgIpc) is 2.63. The predicted molar refractivity (Wildman–Crippen MR) is 95.8 cm³/mol. The van der Waals surface area contributed by atoms with Crippen molar-refractivity contribution in [1.29, 1.82) is 5.26 Å². The molecule has 0 radical (unpaired) electrons. The summed E-state index contributed by atoms with van der Waals surface area (Å²) in [6.45, 7) is 0. The highest BCUT2D eigenvalue weighted by Crippen LogP contribution is 2.29. The molecule has 2 N–H and O–H groups in total. The van der Waals surface area contributed by atoms with E-state index in [1.807, 2.05) is 0 Å². The van der Waals surface area contributed by atoms with Crippen molar-refractivity contribution < 1.29 is 9.53 Å². The Morgan fingerprint density at radius 3 is 2.69 bits per heavy atom. The van der Waals surface area contributed by atoms with Gasteiger partial charge >= 0.3 is 0 Å². The SMILES string of the molecule is N#C/C(=C\c1c(Oc2ccccc2Cl)nc2ccccn2c1=O)C(N)=O. The Kier molecular flexibility index (Phi) is 4.69. The topological polar surface area (TPSA) is 110 Å². The fourth-order valence-electron chi connectivity index (χ4n) is 2.22. The number of hydrogen-bond donors (Lipinski definition) is 1. The number of carbonyl (C=O) groups excluding carboxylic acids is 1. The van der Waals surface area contributed by atoms with Crippen LogP contribution in [-0.4, -0.2) is 15.3 Å². The third-order valence-electron chi connectivity index (χ3n) is 3.45. The fourth-order valence-corrected chi connectivity index (χ4v) is 2.39. The van der Waals surface area contributed by atoms with Crippen molar-refractivity contribution >= 4 is 29.2 Å². The molecule has 26 heavy (non-hydrogen) atoms. The molecule has 128 valence electrons. The van der Waals surface area contributed by atoms with Gasteiger partial charge in [0.05, 0.1) is 5.02 Å². The van der Waals surface area contributed by atoms with Crippen LogP contribution in [0.3, 0.4) is 0 Å². The lowest BCUT2D eigenvalue weighted by Gasteiger charge is -2.11. The normalized spacial score (nSPS) is 11.2. The maximum Gasteiger partial charge on any atom is 0.269 e. The molecule has 1 amide bonds. The van der Waals surface area contributed by atoms with E-state index < -0.39 is 17.0 Å². The van der Waals surface area contributed by atoms with Gasteiger partial charge in [0.25, 0.3) is 11.5 Å². The molecule has 0 aliphatic rings. The Morgan fingerprint density at radius 1 is 1.27 bits per heavy atom. The second-order valence-corrected chi connectivity index (χ2v) is 5.54. The summed E-state index contributed by atoms with van der Waals surface area (Å²) in [4.78, 5) is 28.5. The van der Waals surface area contributed by atoms with E-state index in [2.05, 4.69) is 4.98 Å². The van der Waals surface area contributed by atoms with Gasteiger partial charge in [0, 0.05) is 6.20 Å². The number of nitrogens with two attached hydrogens (primary N) is 1. The number of pyridine rings is 1. The monoisotopic (exact) mass is 366 g/mol. The molecule has 0 atom stereocenters. The van der Waals surface area contributed by atoms with Crippen LogP contribution in [0, 0.1) is 11.3 Å². The molecule has 0 spiro atoms. The Bertz CT molecular complexity index is 1150. The molecule has 8 heteroatoms. The van der Waals surface area contributed by atoms with E-state index in [-0.39, 0.29) is 17.2 Å². The first-order chi connectivity index (χ1) is 12.5. The number of ether oxygens (including phenoxy) is 1. The van der Waals surface area contributed by atoms with Gasteiger partial charge in [-0.1, -0.05) is 29.8 Å². The Labute approximate surface area is 152 Å². The first-order valence-corrected chi connectivity index (χ1v) is 7.74. The number of nitriles is 1. The van der Waals surface area contributed by atoms with Crippen molar-refractivity contribution in [2.45, 2.75) is 0 Å². The predicted octanol–water partition coefficient (Wildman–Crippen LogP) is 2.53. The van der Waals surface area contributed by atoms with Crippen LogP contribution in [0.5, 0.6) is 11.6 Å². The molecule has 0 saturated heterocycles. The number of amides is 1. The smallest absolute Gasteiger partial charge is 0.269 e. The Morgan fingerprint density at radius 2 is 2.00 bits per heavy atom. The van der Waals surface area contributed by atoms with Crippen molar-refractivity contribution in [1.82, 2.24) is 9.38 Å². The Balaban J connectivity index is 2.28. The van der Waals surface area contributed by atoms with Crippen LogP contribution in [0.4, 0.5) is 0 Å². The van der Waals surface area contributed by atoms with Gasteiger partial charge in [-0.25, -0.2) is 0 Å². The molecule has 0 bridgehead atoms. The summed E-state index contributed by atoms with van der Waals surface area (Å²) < 4.78 is 6.96. The number of hydrogen-bond acceptors (Lipinski definition) is 5. The van der Waals surface area contributed by atoms with E-state index in [0.717, 1.165) is 6.08 Å². The van der Waals surface area contributed by atoms with Gasteiger partial charge in [-0.15, -0.1) is 0 Å². The molecule has 0 aliphatic heterocycles. The molecular formula is C18H11ClN4O3. The number of primary amides is 1. The zero-order chi connectivity index (χ0) is 18.7. The van der Waals surface area contributed by atoms with Crippen LogP contribution >= 0.6 is 11.6 Å². The van der Waals surface area contributed by atoms with Crippen molar-refractivity contribution in [3.63, 3.8) is 0 Å². The first-order valence-electron chi connectivity index (χ1n) is 7.36. The number of benzene rings is 1. The lowest BCUT2D eigenvalue weighted by Crippen LogP contribution is -2.20. The minimum Gasteiger partial charge on any atom is -0.437 e. The summed E-state index contributed by atoms with van der Waals surface area (Å²) in [6, 6.07) is 13.3. The molecule has 3 rings (SSSR count). The zero-order valence-corrected chi connectivity index (χ0v) is 14.0. The molecule has 0 fully saturated rings. The van der Waals surface area contributed by atoms with Crippen LogP contribution < -0.4 is 16.0 Å². The molecular weight excluding hydrogens is 356 g/mol. The highest BCUT2D eigenvalue weighted by molar-refractivity contribution is 6.32. The van der Waals surface area contributed by atoms with Gasteiger partial charge in [-0.2, -0.15) is 10.2 Å². The van der Waals surface area contributed by atoms with Crippen molar-refractivity contribution in [2.24, 2.45) is 5.73 Å². The number of carbonyl (C=O) groups is 1. The number of halogens is 1. The van der Waals surface area contributed by atoms with Crippen LogP contribution in [0.2, 0.25) is 5.02 Å². The summed E-state index contributed by atoms with van der Waals surface area (Å²) >= 11 is 6.09. The third-order valence-corrected chi connectivity index (χ3v) is 3.76. The standard InChI is InChI=1S/C18H11ClN4O3/c19-13-5-1-2-6-14(13)26-17-12(9-11(10-20)16(21)24)18(25)23-8-4-3-7-15(23)22-17/h1-9H,(H2,21,24)/b11-9+. The second-order valence-electron chi connectivity index (χ2n) is 5.13. The zero-order valence-electron chi connectivity index (χ0n) is 13.2. The fraction of sp³-hybridized carbons (Fsp3) is 0. The van der Waals surface area contributed by atoms with E-state index in [1.54, 1.807) is 48.5 Å². The van der Waals surface area contributed by atoms with Crippen molar-refractivity contribution in [3.8, 4) is 17.7 Å². The highest BCUT2D eigenvalue weighted by atomic mass is 35.5. The summed E-state index contributed by atoms with van der Waals surface area (Å²) in [7, 11) is 0. The largest absolute Gasteiger partial charge is 0.437 e. The van der Waals surface area contributed by atoms with E-state index in [9.17, 15) is 9.59 Å². The number of fused-ring (bicyclic) bond motifs is 1. The molecule has 0 unspecified atom stereocenters. The quantitative estimate of drug-likeness (QED) is 0.563. The van der Waals surface area contributed by atoms with Gasteiger partial charge in [0.1, 0.15) is 28.6 Å². The summed E-state index contributed by atoms with van der Waals surface area (Å²) in [5.41, 5.74) is 4.48. The van der Waals surface area contributed by atoms with Crippen molar-refractivity contribution in [2.75, 3.05) is 0 Å². The highest BCUT2D eigenvalue weighted by Gasteiger charge is 2.16. The van der Waals surface area contributed by atoms with Crippen LogP contribution in [-0.2, 0) is 4.79 Å².